The molecular formula is C5H6BF3NS2-. The van der Waals surface area contributed by atoms with E-state index in [1.807, 2.05) is 0 Å². The third-order valence-electron chi connectivity index (χ3n) is 0.994. The standard InChI is InChI=1S/C5H6BF3NS2/c1-4-2-11-5(10-4)12-3-6(7,8)9/h2H,3H2,1H3/q-1. The monoisotopic (exact) mass is 212 g/mol. The summed E-state index contributed by atoms with van der Waals surface area (Å²) < 4.78 is 35.8. The van der Waals surface area contributed by atoms with Gasteiger partial charge in [-0.15, -0.1) is 23.1 Å². The minimum Gasteiger partial charge on any atom is -0.448 e. The molecule has 0 saturated carbocycles. The number of rotatable bonds is 3. The van der Waals surface area contributed by atoms with Gasteiger partial charge in [-0.3, -0.25) is 0 Å². The molecule has 12 heavy (non-hydrogen) atoms. The number of aryl methyl sites for hydroxylation is 1. The lowest BCUT2D eigenvalue weighted by Gasteiger charge is -2.10. The van der Waals surface area contributed by atoms with Gasteiger partial charge in [-0.2, -0.15) is 0 Å². The molecule has 0 saturated heterocycles. The van der Waals surface area contributed by atoms with E-state index in [0.29, 0.717) is 4.34 Å². The van der Waals surface area contributed by atoms with E-state index in [-0.39, 0.29) is 0 Å². The Balaban J connectivity index is 2.44. The Morgan fingerprint density at radius 1 is 1.58 bits per heavy atom. The minimum absolute atomic E-state index is 0.492. The zero-order valence-corrected chi connectivity index (χ0v) is 7.89. The summed E-state index contributed by atoms with van der Waals surface area (Å²) in [4.78, 5) is 3.91. The Morgan fingerprint density at radius 2 is 2.25 bits per heavy atom. The van der Waals surface area contributed by atoms with E-state index in [0.717, 1.165) is 17.5 Å². The second-order valence-electron chi connectivity index (χ2n) is 2.28. The zero-order chi connectivity index (χ0) is 9.19. The maximum Gasteiger partial charge on any atom is 0.488 e. The number of thioether (sulfide) groups is 1. The summed E-state index contributed by atoms with van der Waals surface area (Å²) in [6.07, 6.45) is 0. The van der Waals surface area contributed by atoms with Crippen molar-refractivity contribution in [1.29, 1.82) is 0 Å². The summed E-state index contributed by atoms with van der Waals surface area (Å²) in [6.45, 7) is -2.93. The summed E-state index contributed by atoms with van der Waals surface area (Å²) in [5, 5.41) is 1.74. The zero-order valence-electron chi connectivity index (χ0n) is 6.26. The van der Waals surface area contributed by atoms with E-state index >= 15 is 0 Å². The van der Waals surface area contributed by atoms with Gasteiger partial charge in [0.1, 0.15) is 4.34 Å². The molecule has 0 radical (unpaired) electrons. The molecule has 0 N–H and O–H groups in total. The van der Waals surface area contributed by atoms with Crippen LogP contribution in [0.4, 0.5) is 12.9 Å². The molecule has 1 aromatic rings. The van der Waals surface area contributed by atoms with E-state index in [1.54, 1.807) is 12.3 Å². The van der Waals surface area contributed by atoms with Crippen LogP contribution in [-0.4, -0.2) is 17.6 Å². The molecule has 0 aromatic carbocycles. The fourth-order valence-electron chi connectivity index (χ4n) is 0.564. The first kappa shape index (κ1) is 9.92. The average molecular weight is 212 g/mol. The number of nitrogens with zero attached hydrogens (tertiary/aromatic N) is 1. The molecule has 0 fully saturated rings. The lowest BCUT2D eigenvalue weighted by atomic mass is 9.98. The molecule has 0 bridgehead atoms. The summed E-state index contributed by atoms with van der Waals surface area (Å²) in [5.41, 5.74) is -0.0235. The molecule has 1 rings (SSSR count). The summed E-state index contributed by atoms with van der Waals surface area (Å²) in [7, 11) is 0. The number of hydrogen-bond donors (Lipinski definition) is 0. The molecule has 0 unspecified atom stereocenters. The molecule has 68 valence electrons. The van der Waals surface area contributed by atoms with Crippen molar-refractivity contribution in [3.63, 3.8) is 0 Å². The van der Waals surface area contributed by atoms with Crippen molar-refractivity contribution in [1.82, 2.24) is 4.98 Å². The third kappa shape index (κ3) is 3.49. The van der Waals surface area contributed by atoms with Gasteiger partial charge < -0.3 is 12.9 Å². The van der Waals surface area contributed by atoms with Gasteiger partial charge in [-0.1, -0.05) is 0 Å². The first-order chi connectivity index (χ1) is 5.47. The van der Waals surface area contributed by atoms with E-state index in [4.69, 9.17) is 0 Å². The van der Waals surface area contributed by atoms with Crippen LogP contribution in [-0.2, 0) is 0 Å². The van der Waals surface area contributed by atoms with Crippen molar-refractivity contribution in [2.75, 3.05) is 5.65 Å². The van der Waals surface area contributed by atoms with Crippen molar-refractivity contribution in [2.24, 2.45) is 0 Å². The van der Waals surface area contributed by atoms with Gasteiger partial charge in [0.2, 0.25) is 0 Å². The highest BCUT2D eigenvalue weighted by molar-refractivity contribution is 8.02. The van der Waals surface area contributed by atoms with Crippen LogP contribution in [0.2, 0.25) is 0 Å². The molecule has 0 aliphatic heterocycles. The van der Waals surface area contributed by atoms with Crippen LogP contribution in [0.15, 0.2) is 9.72 Å². The number of thiazole rings is 1. The van der Waals surface area contributed by atoms with Gasteiger partial charge in [0, 0.05) is 11.1 Å². The molecule has 1 aromatic heterocycles. The molecular weight excluding hydrogens is 206 g/mol. The van der Waals surface area contributed by atoms with Crippen molar-refractivity contribution in [3.8, 4) is 0 Å². The van der Waals surface area contributed by atoms with Crippen LogP contribution < -0.4 is 0 Å². The summed E-state index contributed by atoms with van der Waals surface area (Å²) >= 11 is 2.01. The van der Waals surface area contributed by atoms with Crippen molar-refractivity contribution in [2.45, 2.75) is 11.3 Å². The highest BCUT2D eigenvalue weighted by Gasteiger charge is 2.23. The van der Waals surface area contributed by atoms with Gasteiger partial charge in [0.05, 0.1) is 0 Å². The average Bonchev–Trinajstić information content (AvgIpc) is 2.30. The highest BCUT2D eigenvalue weighted by atomic mass is 32.2. The Labute approximate surface area is 76.4 Å². The fraction of sp³-hybridized carbons (Fsp3) is 0.400. The number of hydrogen-bond acceptors (Lipinski definition) is 3. The fourth-order valence-corrected chi connectivity index (χ4v) is 2.25. The lowest BCUT2D eigenvalue weighted by molar-refractivity contribution is 0.485. The predicted octanol–water partition coefficient (Wildman–Crippen LogP) is 2.93. The predicted molar refractivity (Wildman–Crippen MR) is 46.7 cm³/mol. The van der Waals surface area contributed by atoms with Gasteiger partial charge in [-0.25, -0.2) is 4.98 Å². The van der Waals surface area contributed by atoms with Crippen LogP contribution in [0.5, 0.6) is 0 Å². The SMILES string of the molecule is Cc1csc(SC[B-](F)(F)F)n1. The van der Waals surface area contributed by atoms with Crippen LogP contribution in [0.25, 0.3) is 0 Å². The second kappa shape index (κ2) is 3.70. The van der Waals surface area contributed by atoms with Crippen LogP contribution >= 0.6 is 23.1 Å². The van der Waals surface area contributed by atoms with E-state index < -0.39 is 12.6 Å². The van der Waals surface area contributed by atoms with Crippen molar-refractivity contribution >= 4 is 30.1 Å². The molecule has 0 amide bonds. The smallest absolute Gasteiger partial charge is 0.448 e. The molecule has 0 aliphatic rings. The van der Waals surface area contributed by atoms with E-state index in [9.17, 15) is 12.9 Å². The van der Waals surface area contributed by atoms with Crippen molar-refractivity contribution in [3.05, 3.63) is 11.1 Å². The Morgan fingerprint density at radius 3 is 2.67 bits per heavy atom. The maximum atomic E-state index is 11.8. The second-order valence-corrected chi connectivity index (χ2v) is 4.40. The normalized spacial score (nSPS) is 12.0. The molecule has 0 atom stereocenters. The van der Waals surface area contributed by atoms with Gasteiger partial charge in [0.15, 0.2) is 0 Å². The maximum absolute atomic E-state index is 11.8. The minimum atomic E-state index is -4.69. The Hall–Kier alpha value is -0.165. The van der Waals surface area contributed by atoms with Crippen LogP contribution in [0.1, 0.15) is 5.69 Å². The van der Waals surface area contributed by atoms with Gasteiger partial charge in [-0.05, 0) is 12.6 Å². The first-order valence-electron chi connectivity index (χ1n) is 3.23. The van der Waals surface area contributed by atoms with Crippen LogP contribution in [0.3, 0.4) is 0 Å². The lowest BCUT2D eigenvalue weighted by Crippen LogP contribution is -2.18. The Bertz CT molecular complexity index is 259. The number of halogens is 3. The van der Waals surface area contributed by atoms with Gasteiger partial charge >= 0.3 is 6.98 Å². The number of aromatic nitrogens is 1. The summed E-state index contributed by atoms with van der Waals surface area (Å²) in [5.74, 6) is 0. The first-order valence-corrected chi connectivity index (χ1v) is 5.10. The molecule has 7 heteroatoms. The molecule has 1 nitrogen and oxygen atoms in total. The van der Waals surface area contributed by atoms with E-state index in [1.165, 1.54) is 11.3 Å². The summed E-state index contributed by atoms with van der Waals surface area (Å²) in [6, 6.07) is 0. The van der Waals surface area contributed by atoms with E-state index in [2.05, 4.69) is 4.98 Å². The molecule has 0 spiro atoms. The third-order valence-corrected chi connectivity index (χ3v) is 3.27. The highest BCUT2D eigenvalue weighted by Crippen LogP contribution is 2.26. The topological polar surface area (TPSA) is 12.9 Å². The van der Waals surface area contributed by atoms with Crippen molar-refractivity contribution < 1.29 is 12.9 Å². The Kier molecular flexibility index (Phi) is 3.06. The largest absolute Gasteiger partial charge is 0.488 e. The molecule has 0 aliphatic carbocycles. The van der Waals surface area contributed by atoms with Gasteiger partial charge in [0.25, 0.3) is 0 Å². The van der Waals surface area contributed by atoms with Crippen LogP contribution in [0, 0.1) is 6.92 Å². The quantitative estimate of drug-likeness (QED) is 0.564. The molecule has 1 heterocycles.